The van der Waals surface area contributed by atoms with Gasteiger partial charge in [-0.25, -0.2) is 9.67 Å². The smallest absolute Gasteiger partial charge is 0.248 e. The molecule has 0 spiro atoms. The van der Waals surface area contributed by atoms with Crippen molar-refractivity contribution >= 4 is 28.6 Å². The van der Waals surface area contributed by atoms with Crippen molar-refractivity contribution in [3.63, 3.8) is 0 Å². The van der Waals surface area contributed by atoms with Gasteiger partial charge in [-0.15, -0.1) is 5.10 Å². The third-order valence-electron chi connectivity index (χ3n) is 4.89. The van der Waals surface area contributed by atoms with Gasteiger partial charge in [0.25, 0.3) is 0 Å². The summed E-state index contributed by atoms with van der Waals surface area (Å²) in [5.74, 6) is -0.312. The number of amides is 1. The summed E-state index contributed by atoms with van der Waals surface area (Å²) in [5.41, 5.74) is 3.58. The topological polar surface area (TPSA) is 78.3 Å². The maximum absolute atomic E-state index is 14.1. The van der Waals surface area contributed by atoms with Crippen LogP contribution in [0.15, 0.2) is 30.3 Å². The van der Waals surface area contributed by atoms with Crippen LogP contribution in [0.4, 0.5) is 10.1 Å². The van der Waals surface area contributed by atoms with Gasteiger partial charge >= 0.3 is 0 Å². The molecule has 1 saturated heterocycles. The van der Waals surface area contributed by atoms with Gasteiger partial charge in [0.05, 0.1) is 36.0 Å². The minimum absolute atomic E-state index is 0.238. The molecular formula is C21H21FN4O3. The van der Waals surface area contributed by atoms with Gasteiger partial charge in [0.2, 0.25) is 17.7 Å². The molecule has 1 fully saturated rings. The number of hydrogen-bond donors (Lipinski definition) is 1. The molecule has 7 nitrogen and oxygen atoms in total. The van der Waals surface area contributed by atoms with Crippen LogP contribution in [-0.4, -0.2) is 34.4 Å². The second-order valence-electron chi connectivity index (χ2n) is 6.89. The summed E-state index contributed by atoms with van der Waals surface area (Å²) in [6.45, 7) is 4.33. The van der Waals surface area contributed by atoms with Gasteiger partial charge in [-0.05, 0) is 43.2 Å². The van der Waals surface area contributed by atoms with E-state index in [-0.39, 0.29) is 12.1 Å². The Bertz CT molecular complexity index is 1100. The summed E-state index contributed by atoms with van der Waals surface area (Å²) in [6.07, 6.45) is 3.67. The molecule has 1 aliphatic rings. The number of aryl methyl sites for hydroxylation is 2. The van der Waals surface area contributed by atoms with E-state index in [1.807, 2.05) is 6.92 Å². The first-order valence-corrected chi connectivity index (χ1v) is 9.27. The van der Waals surface area contributed by atoms with Gasteiger partial charge in [0, 0.05) is 18.6 Å². The number of pyridine rings is 1. The van der Waals surface area contributed by atoms with Gasteiger partial charge in [0.15, 0.2) is 6.23 Å². The minimum Gasteiger partial charge on any atom is -0.481 e. The van der Waals surface area contributed by atoms with Crippen molar-refractivity contribution in [3.05, 3.63) is 53.1 Å². The second kappa shape index (κ2) is 7.63. The molecule has 29 heavy (non-hydrogen) atoms. The number of anilines is 1. The van der Waals surface area contributed by atoms with Gasteiger partial charge in [0.1, 0.15) is 0 Å². The Morgan fingerprint density at radius 3 is 2.83 bits per heavy atom. The van der Waals surface area contributed by atoms with E-state index in [1.165, 1.54) is 6.08 Å². The lowest BCUT2D eigenvalue weighted by molar-refractivity contribution is -0.111. The average Bonchev–Trinajstić information content (AvgIpc) is 2.97. The van der Waals surface area contributed by atoms with Crippen LogP contribution in [0.2, 0.25) is 0 Å². The van der Waals surface area contributed by atoms with Crippen LogP contribution in [0, 0.1) is 19.8 Å². The number of hydrogen-bond acceptors (Lipinski definition) is 5. The fourth-order valence-electron chi connectivity index (χ4n) is 3.28. The number of benzene rings is 1. The zero-order valence-electron chi connectivity index (χ0n) is 16.4. The molecule has 0 saturated carbocycles. The molecule has 1 aliphatic heterocycles. The fourth-order valence-corrected chi connectivity index (χ4v) is 3.28. The number of carbonyl (C=O) groups excluding carboxylic acids is 1. The molecule has 8 heteroatoms. The molecule has 3 heterocycles. The summed E-state index contributed by atoms with van der Waals surface area (Å²) < 4.78 is 26.2. The maximum Gasteiger partial charge on any atom is 0.248 e. The first-order valence-electron chi connectivity index (χ1n) is 9.27. The van der Waals surface area contributed by atoms with E-state index < -0.39 is 5.95 Å². The van der Waals surface area contributed by atoms with E-state index in [1.54, 1.807) is 49.1 Å². The minimum atomic E-state index is -0.526. The van der Waals surface area contributed by atoms with Gasteiger partial charge < -0.3 is 14.8 Å². The zero-order chi connectivity index (χ0) is 20.5. The quantitative estimate of drug-likeness (QED) is 0.665. The molecule has 0 bridgehead atoms. The Kier molecular flexibility index (Phi) is 5.02. The standard InChI is InChI=1S/C21H21FN4O3/c1-12-10-18(28-3)23-13(2)20(12)24-17(27)7-5-14-4-6-15-16(11-14)26(25-21(15)22)19-8-9-29-19/h4-7,10-11,19H,8-9H2,1-3H3,(H,24,27)/b7-5+. The summed E-state index contributed by atoms with van der Waals surface area (Å²) in [4.78, 5) is 16.7. The lowest BCUT2D eigenvalue weighted by Crippen LogP contribution is -2.25. The van der Waals surface area contributed by atoms with E-state index in [0.717, 1.165) is 17.5 Å². The van der Waals surface area contributed by atoms with E-state index in [9.17, 15) is 9.18 Å². The Morgan fingerprint density at radius 1 is 1.38 bits per heavy atom. The van der Waals surface area contributed by atoms with E-state index in [2.05, 4.69) is 15.4 Å². The van der Waals surface area contributed by atoms with Crippen LogP contribution in [0.1, 0.15) is 29.5 Å². The number of carbonyl (C=O) groups is 1. The molecule has 0 radical (unpaired) electrons. The van der Waals surface area contributed by atoms with Crippen molar-refractivity contribution in [3.8, 4) is 5.88 Å². The van der Waals surface area contributed by atoms with Crippen LogP contribution >= 0.6 is 0 Å². The van der Waals surface area contributed by atoms with E-state index >= 15 is 0 Å². The summed E-state index contributed by atoms with van der Waals surface area (Å²) >= 11 is 0. The van der Waals surface area contributed by atoms with Crippen molar-refractivity contribution in [1.29, 1.82) is 0 Å². The number of ether oxygens (including phenoxy) is 2. The van der Waals surface area contributed by atoms with Crippen LogP contribution in [0.25, 0.3) is 17.0 Å². The van der Waals surface area contributed by atoms with Crippen LogP contribution < -0.4 is 10.1 Å². The van der Waals surface area contributed by atoms with Crippen molar-refractivity contribution in [1.82, 2.24) is 14.8 Å². The molecule has 4 rings (SSSR count). The normalized spacial score (nSPS) is 16.2. The monoisotopic (exact) mass is 396 g/mol. The largest absolute Gasteiger partial charge is 0.481 e. The highest BCUT2D eigenvalue weighted by Gasteiger charge is 2.24. The van der Waals surface area contributed by atoms with Crippen molar-refractivity contribution in [2.45, 2.75) is 26.5 Å². The van der Waals surface area contributed by atoms with Gasteiger partial charge in [-0.1, -0.05) is 6.07 Å². The maximum atomic E-state index is 14.1. The van der Waals surface area contributed by atoms with Gasteiger partial charge in [-0.2, -0.15) is 4.39 Å². The summed E-state index contributed by atoms with van der Waals surface area (Å²) in [6, 6.07) is 6.96. The highest BCUT2D eigenvalue weighted by Crippen LogP contribution is 2.29. The third-order valence-corrected chi connectivity index (χ3v) is 4.89. The first-order chi connectivity index (χ1) is 14.0. The van der Waals surface area contributed by atoms with E-state index in [4.69, 9.17) is 9.47 Å². The highest BCUT2D eigenvalue weighted by atomic mass is 19.1. The van der Waals surface area contributed by atoms with Crippen LogP contribution in [-0.2, 0) is 9.53 Å². The number of rotatable bonds is 5. The Morgan fingerprint density at radius 2 is 2.17 bits per heavy atom. The molecule has 150 valence electrons. The number of fused-ring (bicyclic) bond motifs is 1. The molecule has 1 atom stereocenters. The predicted molar refractivity (Wildman–Crippen MR) is 107 cm³/mol. The zero-order valence-corrected chi connectivity index (χ0v) is 16.4. The molecule has 3 aromatic rings. The number of aromatic nitrogens is 3. The van der Waals surface area contributed by atoms with Crippen LogP contribution in [0.3, 0.4) is 0 Å². The number of methoxy groups -OCH3 is 1. The average molecular weight is 396 g/mol. The number of nitrogens with zero attached hydrogens (tertiary/aromatic N) is 3. The number of nitrogens with one attached hydrogen (secondary N) is 1. The van der Waals surface area contributed by atoms with Crippen molar-refractivity contribution in [2.75, 3.05) is 19.0 Å². The molecule has 2 aromatic heterocycles. The fraction of sp³-hybridized carbons (Fsp3) is 0.286. The third kappa shape index (κ3) is 3.71. The molecule has 1 aromatic carbocycles. The van der Waals surface area contributed by atoms with Crippen LogP contribution in [0.5, 0.6) is 5.88 Å². The Labute approximate surface area is 167 Å². The highest BCUT2D eigenvalue weighted by molar-refractivity contribution is 6.03. The van der Waals surface area contributed by atoms with Gasteiger partial charge in [-0.3, -0.25) is 4.79 Å². The molecule has 1 N–H and O–H groups in total. The van der Waals surface area contributed by atoms with E-state index in [0.29, 0.717) is 34.8 Å². The Balaban J connectivity index is 1.54. The Hall–Kier alpha value is -3.26. The second-order valence-corrected chi connectivity index (χ2v) is 6.89. The molecule has 0 aliphatic carbocycles. The SMILES string of the molecule is COc1cc(C)c(NC(=O)/C=C/c2ccc3c(F)nn(C4CCO4)c3c2)c(C)n1. The van der Waals surface area contributed by atoms with Crippen molar-refractivity contribution < 1.29 is 18.7 Å². The first kappa shape index (κ1) is 19.1. The number of halogens is 1. The molecule has 1 unspecified atom stereocenters. The lowest BCUT2D eigenvalue weighted by atomic mass is 10.1. The summed E-state index contributed by atoms with van der Waals surface area (Å²) in [5, 5.41) is 7.22. The van der Waals surface area contributed by atoms with Crippen molar-refractivity contribution in [2.24, 2.45) is 0 Å². The molecule has 1 amide bonds. The molecular weight excluding hydrogens is 375 g/mol. The lowest BCUT2D eigenvalue weighted by Gasteiger charge is -2.26. The predicted octanol–water partition coefficient (Wildman–Crippen LogP) is 3.77. The summed E-state index contributed by atoms with van der Waals surface area (Å²) in [7, 11) is 1.55.